The molecule has 0 saturated heterocycles. The second kappa shape index (κ2) is 13.3. The van der Waals surface area contributed by atoms with Crippen LogP contribution in [0.5, 0.6) is 0 Å². The van der Waals surface area contributed by atoms with Crippen molar-refractivity contribution in [3.63, 3.8) is 0 Å². The van der Waals surface area contributed by atoms with E-state index in [0.29, 0.717) is 26.1 Å². The van der Waals surface area contributed by atoms with Gasteiger partial charge in [-0.15, -0.1) is 0 Å². The Balaban J connectivity index is 1.64. The fourth-order valence-corrected chi connectivity index (χ4v) is 17.4. The summed E-state index contributed by atoms with van der Waals surface area (Å²) in [5.41, 5.74) is -0.110. The zero-order valence-corrected chi connectivity index (χ0v) is 31.4. The maximum absolute atomic E-state index is 12.7. The Hall–Kier alpha value is -3.36. The van der Waals surface area contributed by atoms with Crippen molar-refractivity contribution in [2.24, 2.45) is 10.8 Å². The first kappa shape index (κ1) is 35.0. The third-order valence-electron chi connectivity index (χ3n) is 10.4. The smallest absolute Gasteiger partial charge is 0.261 e. The Kier molecular flexibility index (Phi) is 9.87. The summed E-state index contributed by atoms with van der Waals surface area (Å²) in [5, 5.41) is 4.65. The van der Waals surface area contributed by atoms with Crippen LogP contribution in [0.15, 0.2) is 133 Å². The first-order chi connectivity index (χ1) is 22.2. The molecule has 3 nitrogen and oxygen atoms in total. The first-order valence-corrected chi connectivity index (χ1v) is 20.7. The fourth-order valence-electron chi connectivity index (χ4n) is 8.04. The van der Waals surface area contributed by atoms with Gasteiger partial charge in [0.05, 0.1) is 0 Å². The summed E-state index contributed by atoms with van der Waals surface area (Å²) in [6, 6.07) is 43.2. The van der Waals surface area contributed by atoms with Gasteiger partial charge in [-0.25, -0.2) is 0 Å². The number of rotatable bonds is 11. The van der Waals surface area contributed by atoms with E-state index in [1.807, 2.05) is 6.92 Å². The number of aldehydes is 1. The van der Waals surface area contributed by atoms with Crippen LogP contribution in [-0.2, 0) is 13.6 Å². The summed E-state index contributed by atoms with van der Waals surface area (Å²) >= 11 is 0. The molecule has 1 aliphatic rings. The van der Waals surface area contributed by atoms with E-state index < -0.39 is 27.5 Å². The second-order valence-electron chi connectivity index (χ2n) is 15.9. The van der Waals surface area contributed by atoms with Crippen molar-refractivity contribution < 1.29 is 13.6 Å². The lowest BCUT2D eigenvalue weighted by atomic mass is 9.82. The summed E-state index contributed by atoms with van der Waals surface area (Å²) < 4.78 is 15.2. The van der Waals surface area contributed by atoms with Gasteiger partial charge in [0.15, 0.2) is 0 Å². The predicted molar refractivity (Wildman–Crippen MR) is 202 cm³/mol. The van der Waals surface area contributed by atoms with Gasteiger partial charge >= 0.3 is 0 Å². The predicted octanol–water partition coefficient (Wildman–Crippen LogP) is 7.68. The molecule has 5 rings (SSSR count). The summed E-state index contributed by atoms with van der Waals surface area (Å²) in [7, 11) is -5.69. The van der Waals surface area contributed by atoms with Gasteiger partial charge < -0.3 is 13.6 Å². The van der Waals surface area contributed by atoms with E-state index >= 15 is 0 Å². The van der Waals surface area contributed by atoms with Crippen molar-refractivity contribution >= 4 is 43.7 Å². The van der Waals surface area contributed by atoms with Crippen LogP contribution < -0.4 is 20.7 Å². The van der Waals surface area contributed by atoms with Crippen LogP contribution in [0.2, 0.25) is 10.1 Å². The highest BCUT2D eigenvalue weighted by molar-refractivity contribution is 7.00. The van der Waals surface area contributed by atoms with E-state index in [1.54, 1.807) is 0 Å². The molecular formula is C42H52O3Si2. The average molecular weight is 661 g/mol. The largest absolute Gasteiger partial charge is 0.407 e. The monoisotopic (exact) mass is 660 g/mol. The third kappa shape index (κ3) is 6.43. The molecule has 1 unspecified atom stereocenters. The summed E-state index contributed by atoms with van der Waals surface area (Å²) in [4.78, 5) is 12.7. The Labute approximate surface area is 285 Å². The molecule has 5 heteroatoms. The second-order valence-corrected chi connectivity index (χ2v) is 24.5. The van der Waals surface area contributed by atoms with Crippen molar-refractivity contribution in [2.75, 3.05) is 13.2 Å². The molecule has 47 heavy (non-hydrogen) atoms. The van der Waals surface area contributed by atoms with Crippen molar-refractivity contribution in [3.05, 3.63) is 133 Å². The van der Waals surface area contributed by atoms with Crippen LogP contribution in [0.3, 0.4) is 0 Å². The topological polar surface area (TPSA) is 35.5 Å². The molecule has 0 heterocycles. The van der Waals surface area contributed by atoms with Gasteiger partial charge in [-0.3, -0.25) is 0 Å². The molecule has 4 aromatic carbocycles. The van der Waals surface area contributed by atoms with Gasteiger partial charge in [0.2, 0.25) is 0 Å². The molecule has 0 aromatic heterocycles. The molecule has 1 fully saturated rings. The minimum atomic E-state index is -2.84. The maximum Gasteiger partial charge on any atom is 0.261 e. The van der Waals surface area contributed by atoms with E-state index in [9.17, 15) is 4.79 Å². The maximum atomic E-state index is 12.7. The molecule has 1 atom stereocenters. The van der Waals surface area contributed by atoms with Crippen molar-refractivity contribution in [2.45, 2.75) is 71.4 Å². The van der Waals surface area contributed by atoms with Gasteiger partial charge in [0.25, 0.3) is 16.6 Å². The number of hydrogen-bond donors (Lipinski definition) is 0. The zero-order chi connectivity index (χ0) is 34.0. The van der Waals surface area contributed by atoms with E-state index in [1.165, 1.54) is 20.7 Å². The highest BCUT2D eigenvalue weighted by Crippen LogP contribution is 2.53. The first-order valence-electron chi connectivity index (χ1n) is 16.9. The SMILES string of the molecule is C=C1CC(CO[Si](c2ccccc2)(c2ccccc2)C(C)(C)C)(CO[Si](c2ccccc2)(c2ccccc2)C(C)(C)C)CC1(C)C=O. The lowest BCUT2D eigenvalue weighted by molar-refractivity contribution is -0.114. The highest BCUT2D eigenvalue weighted by Gasteiger charge is 2.57. The van der Waals surface area contributed by atoms with Crippen LogP contribution in [0.1, 0.15) is 61.3 Å². The van der Waals surface area contributed by atoms with E-state index in [-0.39, 0.29) is 10.1 Å². The quantitative estimate of drug-likeness (QED) is 0.0941. The molecule has 246 valence electrons. The van der Waals surface area contributed by atoms with Crippen molar-refractivity contribution in [3.8, 4) is 0 Å². The van der Waals surface area contributed by atoms with Crippen LogP contribution in [-0.4, -0.2) is 36.1 Å². The number of allylic oxidation sites excluding steroid dienone is 1. The zero-order valence-electron chi connectivity index (χ0n) is 29.4. The Morgan fingerprint density at radius 3 is 1.15 bits per heavy atom. The van der Waals surface area contributed by atoms with Gasteiger partial charge in [0, 0.05) is 24.0 Å². The van der Waals surface area contributed by atoms with Crippen LogP contribution in [0.25, 0.3) is 0 Å². The average Bonchev–Trinajstić information content (AvgIpc) is 3.32. The molecule has 1 saturated carbocycles. The van der Waals surface area contributed by atoms with E-state index in [2.05, 4.69) is 169 Å². The molecule has 0 bridgehead atoms. The molecule has 4 aromatic rings. The lowest BCUT2D eigenvalue weighted by Gasteiger charge is -2.47. The molecule has 0 amide bonds. The summed E-state index contributed by atoms with van der Waals surface area (Å²) in [6.07, 6.45) is 2.42. The minimum absolute atomic E-state index is 0.167. The summed E-state index contributed by atoms with van der Waals surface area (Å²) in [5.74, 6) is 0. The van der Waals surface area contributed by atoms with Gasteiger partial charge in [-0.1, -0.05) is 175 Å². The van der Waals surface area contributed by atoms with Gasteiger partial charge in [-0.05, 0) is 50.6 Å². The van der Waals surface area contributed by atoms with E-state index in [0.717, 1.165) is 11.9 Å². The Morgan fingerprint density at radius 1 is 0.617 bits per heavy atom. The van der Waals surface area contributed by atoms with Crippen molar-refractivity contribution in [1.82, 2.24) is 0 Å². The number of carbonyl (C=O) groups excluding carboxylic acids is 1. The molecule has 0 aliphatic heterocycles. The Bertz CT molecular complexity index is 1460. The number of hydrogen-bond acceptors (Lipinski definition) is 3. The summed E-state index contributed by atoms with van der Waals surface area (Å²) in [6.45, 7) is 21.3. The van der Waals surface area contributed by atoms with Gasteiger partial charge in [-0.2, -0.15) is 0 Å². The Morgan fingerprint density at radius 2 is 0.915 bits per heavy atom. The van der Waals surface area contributed by atoms with Crippen LogP contribution in [0, 0.1) is 10.8 Å². The highest BCUT2D eigenvalue weighted by atomic mass is 28.4. The third-order valence-corrected chi connectivity index (χ3v) is 20.4. The molecule has 0 spiro atoms. The molecule has 1 aliphatic carbocycles. The molecule has 0 radical (unpaired) electrons. The van der Waals surface area contributed by atoms with Gasteiger partial charge in [0.1, 0.15) is 6.29 Å². The standard InChI is InChI=1S/C42H52O3Si2/c1-34-29-42(30-41(34,8)31-43,32-44-46(39(2,3)4,35-21-13-9-14-22-35)36-23-15-10-16-24-36)33-45-47(40(5,6)7,37-25-17-11-18-26-37)38-27-19-12-20-28-38/h9-28,31H,1,29-30,32-33H2,2-8H3. The van der Waals surface area contributed by atoms with Crippen LogP contribution >= 0.6 is 0 Å². The minimum Gasteiger partial charge on any atom is -0.407 e. The molecule has 0 N–H and O–H groups in total. The van der Waals surface area contributed by atoms with Crippen molar-refractivity contribution in [1.29, 1.82) is 0 Å². The number of carbonyl (C=O) groups is 1. The number of benzene rings is 4. The fraction of sp³-hybridized carbons (Fsp3) is 0.357. The molecular weight excluding hydrogens is 609 g/mol. The van der Waals surface area contributed by atoms with Crippen LogP contribution in [0.4, 0.5) is 0 Å². The normalized spacial score (nSPS) is 18.7. The lowest BCUT2D eigenvalue weighted by Crippen LogP contribution is -2.68. The van der Waals surface area contributed by atoms with E-state index in [4.69, 9.17) is 8.85 Å².